The fourth-order valence-electron chi connectivity index (χ4n) is 3.86. The molecule has 0 saturated carbocycles. The smallest absolute Gasteiger partial charge is 0.244 e. The molecule has 5 nitrogen and oxygen atoms in total. The minimum Gasteiger partial charge on any atom is -0.346 e. The van der Waals surface area contributed by atoms with Crippen LogP contribution in [0.4, 0.5) is 0 Å². The summed E-state index contributed by atoms with van der Waals surface area (Å²) < 4.78 is 2.03. The van der Waals surface area contributed by atoms with E-state index in [-0.39, 0.29) is 11.9 Å². The molecule has 1 unspecified atom stereocenters. The Kier molecular flexibility index (Phi) is 5.06. The van der Waals surface area contributed by atoms with Gasteiger partial charge in [-0.25, -0.2) is 4.68 Å². The Morgan fingerprint density at radius 3 is 2.79 bits per heavy atom. The van der Waals surface area contributed by atoms with Gasteiger partial charge in [0.25, 0.3) is 0 Å². The summed E-state index contributed by atoms with van der Waals surface area (Å²) in [6.45, 7) is 4.20. The SMILES string of the molecule is Cc1cc(C)cc(-n2ncc3c2CCCC3NC(=O)/C=C/c2ccccn2)c1. The van der Waals surface area contributed by atoms with E-state index in [1.165, 1.54) is 16.8 Å². The molecule has 0 spiro atoms. The highest BCUT2D eigenvalue weighted by molar-refractivity contribution is 5.91. The Morgan fingerprint density at radius 2 is 2.04 bits per heavy atom. The molecular weight excluding hydrogens is 348 g/mol. The number of carbonyl (C=O) groups excluding carboxylic acids is 1. The average Bonchev–Trinajstić information content (AvgIpc) is 3.12. The molecule has 2 heterocycles. The summed E-state index contributed by atoms with van der Waals surface area (Å²) >= 11 is 0. The second-order valence-electron chi connectivity index (χ2n) is 7.35. The first-order chi connectivity index (χ1) is 13.6. The first-order valence-electron chi connectivity index (χ1n) is 9.65. The monoisotopic (exact) mass is 372 g/mol. The van der Waals surface area contributed by atoms with Gasteiger partial charge < -0.3 is 5.32 Å². The molecule has 2 aromatic heterocycles. The van der Waals surface area contributed by atoms with Crippen molar-refractivity contribution in [3.8, 4) is 5.69 Å². The number of hydrogen-bond acceptors (Lipinski definition) is 3. The van der Waals surface area contributed by atoms with Crippen LogP contribution < -0.4 is 5.32 Å². The molecule has 5 heteroatoms. The zero-order chi connectivity index (χ0) is 19.5. The number of pyridine rings is 1. The summed E-state index contributed by atoms with van der Waals surface area (Å²) in [7, 11) is 0. The lowest BCUT2D eigenvalue weighted by atomic mass is 9.92. The van der Waals surface area contributed by atoms with Gasteiger partial charge in [-0.1, -0.05) is 12.1 Å². The Hall–Kier alpha value is -3.21. The molecule has 1 aromatic carbocycles. The molecule has 1 atom stereocenters. The summed E-state index contributed by atoms with van der Waals surface area (Å²) in [5, 5.41) is 7.76. The van der Waals surface area contributed by atoms with Crippen molar-refractivity contribution in [3.63, 3.8) is 0 Å². The standard InChI is InChI=1S/C23H24N4O/c1-16-12-17(2)14-19(13-16)27-22-8-5-7-21(20(22)15-25-27)26-23(28)10-9-18-6-3-4-11-24-18/h3-4,6,9-15,21H,5,7-8H2,1-2H3,(H,26,28)/b10-9+. The van der Waals surface area contributed by atoms with E-state index in [1.54, 1.807) is 18.3 Å². The molecule has 1 aliphatic rings. The van der Waals surface area contributed by atoms with E-state index in [9.17, 15) is 4.79 Å². The van der Waals surface area contributed by atoms with Crippen LogP contribution in [0, 0.1) is 13.8 Å². The van der Waals surface area contributed by atoms with Crippen molar-refractivity contribution >= 4 is 12.0 Å². The molecule has 142 valence electrons. The Labute approximate surface area is 165 Å². The largest absolute Gasteiger partial charge is 0.346 e. The number of aryl methyl sites for hydroxylation is 2. The maximum Gasteiger partial charge on any atom is 0.244 e. The molecular formula is C23H24N4O. The van der Waals surface area contributed by atoms with Crippen LogP contribution >= 0.6 is 0 Å². The summed E-state index contributed by atoms with van der Waals surface area (Å²) in [5.41, 5.74) is 6.60. The number of nitrogens with one attached hydrogen (secondary N) is 1. The van der Waals surface area contributed by atoms with Gasteiger partial charge in [0.15, 0.2) is 0 Å². The van der Waals surface area contributed by atoms with Gasteiger partial charge in [0.1, 0.15) is 0 Å². The highest BCUT2D eigenvalue weighted by atomic mass is 16.1. The lowest BCUT2D eigenvalue weighted by Crippen LogP contribution is -2.29. The molecule has 0 fully saturated rings. The molecule has 4 rings (SSSR count). The second kappa shape index (κ2) is 7.80. The molecule has 0 radical (unpaired) electrons. The van der Waals surface area contributed by atoms with Crippen molar-refractivity contribution in [2.45, 2.75) is 39.2 Å². The van der Waals surface area contributed by atoms with E-state index in [2.05, 4.69) is 47.4 Å². The van der Waals surface area contributed by atoms with Crippen LogP contribution in [0.15, 0.2) is 54.9 Å². The van der Waals surface area contributed by atoms with Gasteiger partial charge in [0, 0.05) is 23.5 Å². The predicted octanol–water partition coefficient (Wildman–Crippen LogP) is 4.09. The molecule has 1 amide bonds. The Balaban J connectivity index is 1.54. The number of fused-ring (bicyclic) bond motifs is 1. The summed E-state index contributed by atoms with van der Waals surface area (Å²) in [4.78, 5) is 16.6. The van der Waals surface area contributed by atoms with E-state index in [4.69, 9.17) is 0 Å². The van der Waals surface area contributed by atoms with Gasteiger partial charge in [-0.15, -0.1) is 0 Å². The van der Waals surface area contributed by atoms with E-state index < -0.39 is 0 Å². The van der Waals surface area contributed by atoms with Gasteiger partial charge >= 0.3 is 0 Å². The number of rotatable bonds is 4. The molecule has 3 aromatic rings. The van der Waals surface area contributed by atoms with Crippen LogP contribution in [0.5, 0.6) is 0 Å². The van der Waals surface area contributed by atoms with Crippen molar-refractivity contribution in [3.05, 3.63) is 82.9 Å². The molecule has 0 saturated heterocycles. The highest BCUT2D eigenvalue weighted by Gasteiger charge is 2.25. The Bertz CT molecular complexity index is 1000. The zero-order valence-corrected chi connectivity index (χ0v) is 16.2. The lowest BCUT2D eigenvalue weighted by Gasteiger charge is -2.24. The number of amides is 1. The quantitative estimate of drug-likeness (QED) is 0.702. The van der Waals surface area contributed by atoms with Crippen molar-refractivity contribution in [2.75, 3.05) is 0 Å². The van der Waals surface area contributed by atoms with Crippen LogP contribution in [0.2, 0.25) is 0 Å². The van der Waals surface area contributed by atoms with Gasteiger partial charge in [-0.3, -0.25) is 9.78 Å². The van der Waals surface area contributed by atoms with Crippen molar-refractivity contribution in [2.24, 2.45) is 0 Å². The fraction of sp³-hybridized carbons (Fsp3) is 0.261. The predicted molar refractivity (Wildman–Crippen MR) is 110 cm³/mol. The number of carbonyl (C=O) groups is 1. The number of hydrogen-bond donors (Lipinski definition) is 1. The first kappa shape index (κ1) is 18.2. The lowest BCUT2D eigenvalue weighted by molar-refractivity contribution is -0.117. The maximum atomic E-state index is 12.4. The van der Waals surface area contributed by atoms with E-state index >= 15 is 0 Å². The van der Waals surface area contributed by atoms with E-state index in [1.807, 2.05) is 29.1 Å². The topological polar surface area (TPSA) is 59.8 Å². The summed E-state index contributed by atoms with van der Waals surface area (Å²) in [6, 6.07) is 12.1. The van der Waals surface area contributed by atoms with Crippen molar-refractivity contribution in [1.29, 1.82) is 0 Å². The third-order valence-electron chi connectivity index (χ3n) is 5.04. The van der Waals surface area contributed by atoms with Crippen LogP contribution in [0.3, 0.4) is 0 Å². The average molecular weight is 372 g/mol. The third kappa shape index (κ3) is 3.88. The van der Waals surface area contributed by atoms with Crippen LogP contribution in [-0.2, 0) is 11.2 Å². The molecule has 1 N–H and O–H groups in total. The van der Waals surface area contributed by atoms with E-state index in [0.29, 0.717) is 0 Å². The molecule has 0 aliphatic heterocycles. The Morgan fingerprint density at radius 1 is 1.21 bits per heavy atom. The fourth-order valence-corrected chi connectivity index (χ4v) is 3.86. The van der Waals surface area contributed by atoms with Crippen LogP contribution in [0.1, 0.15) is 47.0 Å². The minimum atomic E-state index is -0.109. The van der Waals surface area contributed by atoms with Crippen LogP contribution in [0.25, 0.3) is 11.8 Å². The maximum absolute atomic E-state index is 12.4. The molecule has 0 bridgehead atoms. The summed E-state index contributed by atoms with van der Waals surface area (Å²) in [6.07, 6.45) is 9.82. The first-order valence-corrected chi connectivity index (χ1v) is 9.65. The normalized spacial score (nSPS) is 16.1. The number of nitrogens with zero attached hydrogens (tertiary/aromatic N) is 3. The molecule has 1 aliphatic carbocycles. The second-order valence-corrected chi connectivity index (χ2v) is 7.35. The van der Waals surface area contributed by atoms with Gasteiger partial charge in [-0.05, 0) is 74.6 Å². The van der Waals surface area contributed by atoms with Crippen molar-refractivity contribution < 1.29 is 4.79 Å². The van der Waals surface area contributed by atoms with E-state index in [0.717, 1.165) is 36.2 Å². The third-order valence-corrected chi connectivity index (χ3v) is 5.04. The summed E-state index contributed by atoms with van der Waals surface area (Å²) in [5.74, 6) is -0.109. The van der Waals surface area contributed by atoms with Gasteiger partial charge in [-0.2, -0.15) is 5.10 Å². The zero-order valence-electron chi connectivity index (χ0n) is 16.2. The number of aromatic nitrogens is 3. The molecule has 28 heavy (non-hydrogen) atoms. The van der Waals surface area contributed by atoms with Gasteiger partial charge in [0.2, 0.25) is 5.91 Å². The minimum absolute atomic E-state index is 0.00992. The van der Waals surface area contributed by atoms with Gasteiger partial charge in [0.05, 0.1) is 23.6 Å². The van der Waals surface area contributed by atoms with Crippen LogP contribution in [-0.4, -0.2) is 20.7 Å². The highest BCUT2D eigenvalue weighted by Crippen LogP contribution is 2.31. The number of benzene rings is 1. The van der Waals surface area contributed by atoms with Crippen molar-refractivity contribution in [1.82, 2.24) is 20.1 Å².